The first-order valence-corrected chi connectivity index (χ1v) is 3.75. The molecule has 0 aliphatic carbocycles. The number of hydrogen-bond donors (Lipinski definition) is 0. The number of thiophene rings is 1. The minimum atomic E-state index is -0.252. The van der Waals surface area contributed by atoms with Gasteiger partial charge in [0.2, 0.25) is 0 Å². The van der Waals surface area contributed by atoms with E-state index in [4.69, 9.17) is 0 Å². The van der Waals surface area contributed by atoms with Gasteiger partial charge in [0.15, 0.2) is 0 Å². The zero-order chi connectivity index (χ0) is 7.56. The van der Waals surface area contributed by atoms with Crippen LogP contribution in [-0.4, -0.2) is 13.1 Å². The fourth-order valence-corrected chi connectivity index (χ4v) is 1.45. The second kappa shape index (κ2) is 4.36. The van der Waals surface area contributed by atoms with E-state index < -0.39 is 0 Å². The minimum Gasteiger partial charge on any atom is -0.465 e. The number of carbonyl (C=O) groups is 1. The number of methoxy groups -OCH3 is 1. The van der Waals surface area contributed by atoms with Crippen molar-refractivity contribution in [1.82, 2.24) is 0 Å². The minimum absolute atomic E-state index is 0. The first-order chi connectivity index (χ1) is 4.74. The smallest absolute Gasteiger partial charge is 0.348 e. The molecule has 0 aliphatic heterocycles. The van der Waals surface area contributed by atoms with Gasteiger partial charge in [0.1, 0.15) is 4.88 Å². The third-order valence-corrected chi connectivity index (χ3v) is 2.15. The van der Waals surface area contributed by atoms with Crippen LogP contribution in [-0.2, 0) is 4.74 Å². The molecule has 0 amide bonds. The molecule has 0 atom stereocenters. The summed E-state index contributed by atoms with van der Waals surface area (Å²) in [6, 6.07) is 1.82. The number of aryl methyl sites for hydroxylation is 1. The predicted octanol–water partition coefficient (Wildman–Crippen LogP) is 2.26. The van der Waals surface area contributed by atoms with E-state index in [2.05, 4.69) is 4.74 Å². The first-order valence-electron chi connectivity index (χ1n) is 2.87. The Bertz CT molecular complexity index is 244. The Balaban J connectivity index is 0.000001000. The fourth-order valence-electron chi connectivity index (χ4n) is 0.639. The molecule has 11 heavy (non-hydrogen) atoms. The van der Waals surface area contributed by atoms with Crippen molar-refractivity contribution in [2.75, 3.05) is 7.11 Å². The topological polar surface area (TPSA) is 26.3 Å². The van der Waals surface area contributed by atoms with Crippen LogP contribution < -0.4 is 0 Å². The van der Waals surface area contributed by atoms with Gasteiger partial charge in [-0.3, -0.25) is 0 Å². The van der Waals surface area contributed by atoms with Crippen LogP contribution in [0.5, 0.6) is 0 Å². The summed E-state index contributed by atoms with van der Waals surface area (Å²) in [5, 5.41) is 1.92. The molecule has 0 N–H and O–H groups in total. The second-order valence-corrected chi connectivity index (χ2v) is 2.89. The van der Waals surface area contributed by atoms with E-state index in [1.807, 2.05) is 18.4 Å². The van der Waals surface area contributed by atoms with Crippen molar-refractivity contribution in [2.24, 2.45) is 0 Å². The molecule has 0 spiro atoms. The first kappa shape index (κ1) is 10.5. The van der Waals surface area contributed by atoms with Gasteiger partial charge in [-0.05, 0) is 23.9 Å². The lowest BCUT2D eigenvalue weighted by Crippen LogP contribution is -1.96. The van der Waals surface area contributed by atoms with Gasteiger partial charge in [0, 0.05) is 0 Å². The highest BCUT2D eigenvalue weighted by Gasteiger charge is 2.05. The molecule has 0 saturated carbocycles. The highest BCUT2D eigenvalue weighted by atomic mass is 35.5. The van der Waals surface area contributed by atoms with Crippen LogP contribution in [0, 0.1) is 6.92 Å². The van der Waals surface area contributed by atoms with E-state index >= 15 is 0 Å². The highest BCUT2D eigenvalue weighted by Crippen LogP contribution is 2.13. The third-order valence-electron chi connectivity index (χ3n) is 1.12. The van der Waals surface area contributed by atoms with Crippen molar-refractivity contribution >= 4 is 29.7 Å². The fraction of sp³-hybridized carbons (Fsp3) is 0.286. The van der Waals surface area contributed by atoms with Crippen LogP contribution in [0.2, 0.25) is 0 Å². The van der Waals surface area contributed by atoms with E-state index in [0.29, 0.717) is 4.88 Å². The van der Waals surface area contributed by atoms with Gasteiger partial charge < -0.3 is 4.74 Å². The molecule has 4 heteroatoms. The van der Waals surface area contributed by atoms with Crippen LogP contribution in [0.15, 0.2) is 11.4 Å². The van der Waals surface area contributed by atoms with Crippen LogP contribution >= 0.6 is 23.7 Å². The zero-order valence-corrected chi connectivity index (χ0v) is 7.92. The molecule has 1 aromatic heterocycles. The molecule has 0 aliphatic rings. The summed E-state index contributed by atoms with van der Waals surface area (Å²) in [4.78, 5) is 11.5. The van der Waals surface area contributed by atoms with Crippen LogP contribution in [0.1, 0.15) is 15.2 Å². The van der Waals surface area contributed by atoms with Crippen LogP contribution in [0.4, 0.5) is 0 Å². The summed E-state index contributed by atoms with van der Waals surface area (Å²) >= 11 is 1.41. The molecular weight excluding hydrogens is 184 g/mol. The summed E-state index contributed by atoms with van der Waals surface area (Å²) in [6.45, 7) is 1.95. The average Bonchev–Trinajstić information content (AvgIpc) is 2.34. The molecule has 0 bridgehead atoms. The van der Waals surface area contributed by atoms with Gasteiger partial charge in [0.05, 0.1) is 7.11 Å². The Morgan fingerprint density at radius 3 is 2.64 bits per heavy atom. The standard InChI is InChI=1S/C7H8O2S.ClH/c1-5-3-6(10-4-5)7(8)9-2;/h3-4H,1-2H3;1H. The maximum Gasteiger partial charge on any atom is 0.348 e. The van der Waals surface area contributed by atoms with Crippen molar-refractivity contribution in [2.45, 2.75) is 6.92 Å². The maximum atomic E-state index is 10.8. The van der Waals surface area contributed by atoms with Crippen molar-refractivity contribution < 1.29 is 9.53 Å². The Morgan fingerprint density at radius 2 is 2.27 bits per heavy atom. The van der Waals surface area contributed by atoms with E-state index in [0.717, 1.165) is 5.56 Å². The monoisotopic (exact) mass is 192 g/mol. The van der Waals surface area contributed by atoms with Crippen LogP contribution in [0.3, 0.4) is 0 Å². The molecule has 0 aromatic carbocycles. The highest BCUT2D eigenvalue weighted by molar-refractivity contribution is 7.12. The molecule has 1 heterocycles. The van der Waals surface area contributed by atoms with Gasteiger partial charge in [-0.15, -0.1) is 23.7 Å². The summed E-state index contributed by atoms with van der Waals surface area (Å²) in [5.74, 6) is -0.252. The quantitative estimate of drug-likeness (QED) is 0.639. The summed E-state index contributed by atoms with van der Waals surface area (Å²) < 4.78 is 4.52. The Labute approximate surface area is 75.6 Å². The van der Waals surface area contributed by atoms with Gasteiger partial charge >= 0.3 is 5.97 Å². The predicted molar refractivity (Wildman–Crippen MR) is 47.6 cm³/mol. The summed E-state index contributed by atoms with van der Waals surface area (Å²) in [5.41, 5.74) is 1.10. The Kier molecular flexibility index (Phi) is 4.15. The number of carbonyl (C=O) groups excluding carboxylic acids is 1. The van der Waals surface area contributed by atoms with E-state index in [9.17, 15) is 4.79 Å². The van der Waals surface area contributed by atoms with Crippen LogP contribution in [0.25, 0.3) is 0 Å². The molecule has 0 radical (unpaired) electrons. The molecule has 1 rings (SSSR count). The molecule has 0 saturated heterocycles. The summed E-state index contributed by atoms with van der Waals surface area (Å²) in [6.07, 6.45) is 0. The summed E-state index contributed by atoms with van der Waals surface area (Å²) in [7, 11) is 1.39. The molecular formula is C7H9ClO2S. The van der Waals surface area contributed by atoms with Crippen molar-refractivity contribution in [1.29, 1.82) is 0 Å². The molecule has 0 fully saturated rings. The van der Waals surface area contributed by atoms with E-state index in [1.54, 1.807) is 0 Å². The van der Waals surface area contributed by atoms with Crippen molar-refractivity contribution in [3.8, 4) is 0 Å². The SMILES string of the molecule is COC(=O)c1cc(C)cs1.Cl. The largest absolute Gasteiger partial charge is 0.465 e. The number of ether oxygens (including phenoxy) is 1. The average molecular weight is 193 g/mol. The van der Waals surface area contributed by atoms with Crippen molar-refractivity contribution in [3.05, 3.63) is 21.9 Å². The molecule has 1 aromatic rings. The number of esters is 1. The lowest BCUT2D eigenvalue weighted by Gasteiger charge is -1.90. The lowest BCUT2D eigenvalue weighted by atomic mass is 10.3. The number of halogens is 1. The maximum absolute atomic E-state index is 10.8. The van der Waals surface area contributed by atoms with E-state index in [-0.39, 0.29) is 18.4 Å². The normalized spacial score (nSPS) is 8.55. The lowest BCUT2D eigenvalue weighted by molar-refractivity contribution is 0.0606. The van der Waals surface area contributed by atoms with Gasteiger partial charge in [-0.2, -0.15) is 0 Å². The van der Waals surface area contributed by atoms with E-state index in [1.165, 1.54) is 18.4 Å². The molecule has 2 nitrogen and oxygen atoms in total. The Morgan fingerprint density at radius 1 is 1.64 bits per heavy atom. The van der Waals surface area contributed by atoms with Crippen molar-refractivity contribution in [3.63, 3.8) is 0 Å². The molecule has 62 valence electrons. The second-order valence-electron chi connectivity index (χ2n) is 1.98. The van der Waals surface area contributed by atoms with Gasteiger partial charge in [0.25, 0.3) is 0 Å². The Hall–Kier alpha value is -0.540. The van der Waals surface area contributed by atoms with Gasteiger partial charge in [-0.25, -0.2) is 4.79 Å². The van der Waals surface area contributed by atoms with Gasteiger partial charge in [-0.1, -0.05) is 0 Å². The molecule has 0 unspecified atom stereocenters. The number of rotatable bonds is 1. The zero-order valence-electron chi connectivity index (χ0n) is 6.29. The number of hydrogen-bond acceptors (Lipinski definition) is 3. The third kappa shape index (κ3) is 2.52.